The number of carbonyl (C=O) groups excluding carboxylic acids is 1. The number of unbranched alkanes of at least 4 members (excludes halogenated alkanes) is 7. The molecule has 1 aliphatic rings. The zero-order valence-electron chi connectivity index (χ0n) is 18.7. The van der Waals surface area contributed by atoms with Crippen LogP contribution in [0.5, 0.6) is 5.75 Å². The Kier molecular flexibility index (Phi) is 8.79. The maximum absolute atomic E-state index is 14.1. The van der Waals surface area contributed by atoms with Gasteiger partial charge < -0.3 is 4.74 Å². The molecule has 7 heteroatoms. The Morgan fingerprint density at radius 3 is 2.34 bits per heavy atom. The van der Waals surface area contributed by atoms with Crippen LogP contribution in [-0.4, -0.2) is 30.2 Å². The van der Waals surface area contributed by atoms with E-state index < -0.39 is 18.1 Å². The Labute approximate surface area is 188 Å². The van der Waals surface area contributed by atoms with E-state index in [4.69, 9.17) is 4.74 Å². The first-order valence-electron chi connectivity index (χ1n) is 11.7. The van der Waals surface area contributed by atoms with Crippen LogP contribution < -0.4 is 10.2 Å². The largest absolute Gasteiger partial charge is 0.493 e. The lowest BCUT2D eigenvalue weighted by atomic mass is 9.99. The van der Waals surface area contributed by atoms with Gasteiger partial charge in [0.1, 0.15) is 5.75 Å². The fourth-order valence-electron chi connectivity index (χ4n) is 4.25. The van der Waals surface area contributed by atoms with Crippen molar-refractivity contribution in [1.29, 1.82) is 0 Å². The Hall–Kier alpha value is -2.28. The molecule has 0 aromatic heterocycles. The molecule has 4 nitrogen and oxygen atoms in total. The van der Waals surface area contributed by atoms with Crippen molar-refractivity contribution in [2.24, 2.45) is 0 Å². The fourth-order valence-corrected chi connectivity index (χ4v) is 4.25. The van der Waals surface area contributed by atoms with Crippen LogP contribution in [0, 0.1) is 0 Å². The van der Waals surface area contributed by atoms with Gasteiger partial charge in [-0.25, -0.2) is 5.01 Å². The maximum Gasteiger partial charge on any atom is 0.410 e. The number of rotatable bonds is 12. The van der Waals surface area contributed by atoms with Crippen molar-refractivity contribution < 1.29 is 22.7 Å². The molecular formula is C25H33F3N2O2. The number of hydrogen-bond donors (Lipinski definition) is 1. The average molecular weight is 451 g/mol. The number of fused-ring (bicyclic) bond motifs is 1. The van der Waals surface area contributed by atoms with Crippen LogP contribution in [0.15, 0.2) is 36.4 Å². The minimum Gasteiger partial charge on any atom is -0.493 e. The van der Waals surface area contributed by atoms with Gasteiger partial charge in [-0.2, -0.15) is 13.2 Å². The highest BCUT2D eigenvalue weighted by Crippen LogP contribution is 2.44. The van der Waals surface area contributed by atoms with Gasteiger partial charge in [-0.05, 0) is 11.8 Å². The fraction of sp³-hybridized carbons (Fsp3) is 0.560. The molecule has 0 radical (unpaired) electrons. The molecule has 0 bridgehead atoms. The summed E-state index contributed by atoms with van der Waals surface area (Å²) in [5.74, 6) is -0.143. The van der Waals surface area contributed by atoms with Gasteiger partial charge in [-0.1, -0.05) is 88.3 Å². The maximum atomic E-state index is 14.1. The number of carbonyl (C=O) groups is 1. The van der Waals surface area contributed by atoms with E-state index in [0.29, 0.717) is 12.0 Å². The second-order valence-electron chi connectivity index (χ2n) is 8.45. The number of nitrogens with one attached hydrogen (secondary N) is 1. The molecule has 1 fully saturated rings. The summed E-state index contributed by atoms with van der Waals surface area (Å²) in [5.41, 5.74) is 2.40. The lowest BCUT2D eigenvalue weighted by Gasteiger charge is -2.31. The zero-order valence-corrected chi connectivity index (χ0v) is 18.7. The highest BCUT2D eigenvalue weighted by molar-refractivity contribution is 5.90. The van der Waals surface area contributed by atoms with Crippen molar-refractivity contribution in [2.45, 2.75) is 76.9 Å². The SMILES string of the molecule is CCCCCCCCCCOc1c([C@H](N2CCC(=O)N2)C(F)(F)F)ccc2ccccc12. The summed E-state index contributed by atoms with van der Waals surface area (Å²) in [4.78, 5) is 11.6. The van der Waals surface area contributed by atoms with Crippen LogP contribution in [0.3, 0.4) is 0 Å². The van der Waals surface area contributed by atoms with Gasteiger partial charge in [0, 0.05) is 23.9 Å². The van der Waals surface area contributed by atoms with E-state index in [1.807, 2.05) is 12.1 Å². The molecule has 0 aliphatic carbocycles. The molecule has 3 rings (SSSR count). The third kappa shape index (κ3) is 6.37. The summed E-state index contributed by atoms with van der Waals surface area (Å²) in [6.07, 6.45) is 4.57. The van der Waals surface area contributed by atoms with E-state index in [2.05, 4.69) is 12.3 Å². The Morgan fingerprint density at radius 1 is 1.00 bits per heavy atom. The number of hydrogen-bond acceptors (Lipinski definition) is 3. The van der Waals surface area contributed by atoms with Crippen molar-refractivity contribution in [3.05, 3.63) is 42.0 Å². The van der Waals surface area contributed by atoms with Gasteiger partial charge in [0.05, 0.1) is 6.61 Å². The quantitative estimate of drug-likeness (QED) is 0.366. The molecule has 0 saturated carbocycles. The standard InChI is InChI=1S/C25H33F3N2O2/c1-2-3-4-5-6-7-8-11-18-32-23-20-13-10-9-12-19(20)14-15-21(23)24(25(26,27)28)30-17-16-22(31)29-30/h9-10,12-15,24H,2-8,11,16-18H2,1H3,(H,29,31)/t24-/m0/s1. The van der Waals surface area contributed by atoms with Crippen LogP contribution >= 0.6 is 0 Å². The minimum atomic E-state index is -4.56. The highest BCUT2D eigenvalue weighted by atomic mass is 19.4. The lowest BCUT2D eigenvalue weighted by Crippen LogP contribution is -2.43. The monoisotopic (exact) mass is 450 g/mol. The zero-order chi connectivity index (χ0) is 23.0. The van der Waals surface area contributed by atoms with Gasteiger partial charge in [-0.3, -0.25) is 10.2 Å². The molecule has 1 aliphatic heterocycles. The molecule has 32 heavy (non-hydrogen) atoms. The van der Waals surface area contributed by atoms with Gasteiger partial charge in [0.2, 0.25) is 5.91 Å². The van der Waals surface area contributed by atoms with Crippen LogP contribution in [0.1, 0.15) is 76.3 Å². The van der Waals surface area contributed by atoms with Gasteiger partial charge in [-0.15, -0.1) is 0 Å². The molecule has 1 N–H and O–H groups in total. The van der Waals surface area contributed by atoms with E-state index in [0.717, 1.165) is 29.7 Å². The van der Waals surface area contributed by atoms with Crippen LogP contribution in [0.25, 0.3) is 10.8 Å². The smallest absolute Gasteiger partial charge is 0.410 e. The normalized spacial score (nSPS) is 15.8. The first-order chi connectivity index (χ1) is 15.4. The Morgan fingerprint density at radius 2 is 1.69 bits per heavy atom. The molecule has 2 aromatic rings. The van der Waals surface area contributed by atoms with E-state index in [9.17, 15) is 18.0 Å². The van der Waals surface area contributed by atoms with E-state index in [-0.39, 0.29) is 24.3 Å². The van der Waals surface area contributed by atoms with Gasteiger partial charge in [0.25, 0.3) is 0 Å². The summed E-state index contributed by atoms with van der Waals surface area (Å²) in [6.45, 7) is 2.57. The molecular weight excluding hydrogens is 417 g/mol. The van der Waals surface area contributed by atoms with Gasteiger partial charge >= 0.3 is 6.18 Å². The predicted molar refractivity (Wildman–Crippen MR) is 120 cm³/mol. The minimum absolute atomic E-state index is 0.00725. The molecule has 1 heterocycles. The summed E-state index contributed by atoms with van der Waals surface area (Å²) in [7, 11) is 0. The summed E-state index contributed by atoms with van der Waals surface area (Å²) >= 11 is 0. The molecule has 1 amide bonds. The molecule has 2 aromatic carbocycles. The number of nitrogens with zero attached hydrogens (tertiary/aromatic N) is 1. The average Bonchev–Trinajstić information content (AvgIpc) is 3.18. The lowest BCUT2D eigenvalue weighted by molar-refractivity contribution is -0.191. The third-order valence-electron chi connectivity index (χ3n) is 5.92. The topological polar surface area (TPSA) is 41.6 Å². The van der Waals surface area contributed by atoms with Crippen LogP contribution in [-0.2, 0) is 4.79 Å². The summed E-state index contributed by atoms with van der Waals surface area (Å²) < 4.78 is 48.4. The van der Waals surface area contributed by atoms with Gasteiger partial charge in [0.15, 0.2) is 6.04 Å². The molecule has 1 atom stereocenters. The highest BCUT2D eigenvalue weighted by Gasteiger charge is 2.48. The number of hydrazine groups is 1. The number of amides is 1. The third-order valence-corrected chi connectivity index (χ3v) is 5.92. The van der Waals surface area contributed by atoms with Crippen molar-refractivity contribution in [3.8, 4) is 5.75 Å². The second kappa shape index (κ2) is 11.5. The van der Waals surface area contributed by atoms with Crippen molar-refractivity contribution in [3.63, 3.8) is 0 Å². The Bertz CT molecular complexity index is 885. The van der Waals surface area contributed by atoms with E-state index in [1.165, 1.54) is 38.2 Å². The second-order valence-corrected chi connectivity index (χ2v) is 8.45. The van der Waals surface area contributed by atoms with Crippen molar-refractivity contribution in [1.82, 2.24) is 10.4 Å². The molecule has 0 spiro atoms. The van der Waals surface area contributed by atoms with Crippen LogP contribution in [0.2, 0.25) is 0 Å². The number of halogens is 3. The first-order valence-corrected chi connectivity index (χ1v) is 11.7. The van der Waals surface area contributed by atoms with E-state index >= 15 is 0 Å². The molecule has 176 valence electrons. The summed E-state index contributed by atoms with van der Waals surface area (Å²) in [5, 5.41) is 2.47. The predicted octanol–water partition coefficient (Wildman–Crippen LogP) is 6.70. The number of benzene rings is 2. The van der Waals surface area contributed by atoms with Crippen LogP contribution in [0.4, 0.5) is 13.2 Å². The number of ether oxygens (including phenoxy) is 1. The first kappa shape index (κ1) is 24.4. The Balaban J connectivity index is 1.75. The van der Waals surface area contributed by atoms with Crippen molar-refractivity contribution in [2.75, 3.05) is 13.2 Å². The van der Waals surface area contributed by atoms with Crippen molar-refractivity contribution >= 4 is 16.7 Å². The summed E-state index contributed by atoms with van der Waals surface area (Å²) in [6, 6.07) is 8.52. The molecule has 1 saturated heterocycles. The molecule has 0 unspecified atom stereocenters. The van der Waals surface area contributed by atoms with E-state index in [1.54, 1.807) is 18.2 Å². The number of alkyl halides is 3.